The van der Waals surface area contributed by atoms with E-state index in [9.17, 15) is 8.42 Å². The molecule has 8 nitrogen and oxygen atoms in total. The molecule has 168 valence electrons. The van der Waals surface area contributed by atoms with Gasteiger partial charge in [0.1, 0.15) is 0 Å². The molecule has 4 aromatic rings. The van der Waals surface area contributed by atoms with E-state index in [2.05, 4.69) is 15.3 Å². The topological polar surface area (TPSA) is 106 Å². The standard InChI is InChI=1S/C24H24N6O2S/c1-3-29(20-10-6-4-7-11-20)33(31,32)22-16-14-19(15-17-22)26-27-23-18(2)28-30(24(23)25)21-12-8-5-9-13-21/h4-17H,3,25H2,1-2H3/b27-26+. The maximum Gasteiger partial charge on any atom is 0.264 e. The Kier molecular flexibility index (Phi) is 6.23. The Bertz CT molecular complexity index is 1370. The molecule has 0 unspecified atom stereocenters. The van der Waals surface area contributed by atoms with Gasteiger partial charge in [-0.2, -0.15) is 10.2 Å². The van der Waals surface area contributed by atoms with Gasteiger partial charge in [-0.05, 0) is 62.4 Å². The Morgan fingerprint density at radius 3 is 2.12 bits per heavy atom. The van der Waals surface area contributed by atoms with Gasteiger partial charge in [-0.25, -0.2) is 13.1 Å². The molecule has 0 saturated heterocycles. The molecule has 1 aromatic heterocycles. The number of aryl methyl sites for hydroxylation is 1. The Morgan fingerprint density at radius 1 is 0.909 bits per heavy atom. The monoisotopic (exact) mass is 460 g/mol. The maximum atomic E-state index is 13.1. The number of rotatable bonds is 7. The van der Waals surface area contributed by atoms with Crippen molar-refractivity contribution in [2.75, 3.05) is 16.6 Å². The van der Waals surface area contributed by atoms with Gasteiger partial charge >= 0.3 is 0 Å². The van der Waals surface area contributed by atoms with Gasteiger partial charge in [0.2, 0.25) is 0 Å². The second-order valence-corrected chi connectivity index (χ2v) is 9.13. The van der Waals surface area contributed by atoms with Crippen LogP contribution in [-0.4, -0.2) is 24.7 Å². The first-order valence-electron chi connectivity index (χ1n) is 10.4. The number of anilines is 2. The zero-order chi connectivity index (χ0) is 23.4. The second kappa shape index (κ2) is 9.25. The van der Waals surface area contributed by atoms with Crippen molar-refractivity contribution in [3.05, 3.63) is 90.6 Å². The smallest absolute Gasteiger partial charge is 0.264 e. The summed E-state index contributed by atoms with van der Waals surface area (Å²) in [5.41, 5.74) is 9.30. The van der Waals surface area contributed by atoms with Crippen LogP contribution in [0.25, 0.3) is 5.69 Å². The number of hydrogen-bond acceptors (Lipinski definition) is 6. The Labute approximate surface area is 193 Å². The van der Waals surface area contributed by atoms with Gasteiger partial charge in [-0.1, -0.05) is 36.4 Å². The van der Waals surface area contributed by atoms with Crippen LogP contribution in [-0.2, 0) is 10.0 Å². The third kappa shape index (κ3) is 4.49. The molecule has 0 bridgehead atoms. The number of nitrogens with zero attached hydrogens (tertiary/aromatic N) is 5. The van der Waals surface area contributed by atoms with Crippen molar-refractivity contribution in [2.24, 2.45) is 10.2 Å². The van der Waals surface area contributed by atoms with E-state index in [1.54, 1.807) is 35.9 Å². The Hall–Kier alpha value is -3.98. The maximum absolute atomic E-state index is 13.1. The number of benzene rings is 3. The fourth-order valence-corrected chi connectivity index (χ4v) is 4.91. The number of sulfonamides is 1. The number of nitrogen functional groups attached to an aromatic ring is 1. The highest BCUT2D eigenvalue weighted by atomic mass is 32.2. The van der Waals surface area contributed by atoms with Gasteiger partial charge in [0.25, 0.3) is 10.0 Å². The van der Waals surface area contributed by atoms with Crippen molar-refractivity contribution in [3.63, 3.8) is 0 Å². The molecule has 0 fully saturated rings. The number of hydrogen-bond donors (Lipinski definition) is 1. The molecule has 3 aromatic carbocycles. The molecule has 4 rings (SSSR count). The average molecular weight is 461 g/mol. The second-order valence-electron chi connectivity index (χ2n) is 7.27. The summed E-state index contributed by atoms with van der Waals surface area (Å²) >= 11 is 0. The quantitative estimate of drug-likeness (QED) is 0.373. The molecule has 0 aliphatic heterocycles. The molecule has 1 heterocycles. The van der Waals surface area contributed by atoms with Crippen LogP contribution in [0.3, 0.4) is 0 Å². The van der Waals surface area contributed by atoms with E-state index in [-0.39, 0.29) is 4.90 Å². The summed E-state index contributed by atoms with van der Waals surface area (Å²) in [5.74, 6) is 0.378. The minimum atomic E-state index is -3.70. The van der Waals surface area contributed by atoms with Gasteiger partial charge in [0.05, 0.1) is 27.7 Å². The first-order valence-corrected chi connectivity index (χ1v) is 11.9. The lowest BCUT2D eigenvalue weighted by Crippen LogP contribution is -2.30. The van der Waals surface area contributed by atoms with E-state index in [1.807, 2.05) is 55.5 Å². The SMILES string of the molecule is CCN(c1ccccc1)S(=O)(=O)c1ccc(/N=N/c2c(C)nn(-c3ccccc3)c2N)cc1. The Balaban J connectivity index is 1.58. The van der Waals surface area contributed by atoms with E-state index in [0.29, 0.717) is 35.1 Å². The van der Waals surface area contributed by atoms with Crippen molar-refractivity contribution >= 4 is 32.9 Å². The zero-order valence-electron chi connectivity index (χ0n) is 18.3. The van der Waals surface area contributed by atoms with Crippen LogP contribution >= 0.6 is 0 Å². The van der Waals surface area contributed by atoms with Crippen LogP contribution in [0.5, 0.6) is 0 Å². The highest BCUT2D eigenvalue weighted by Gasteiger charge is 2.23. The number of aromatic nitrogens is 2. The number of para-hydroxylation sites is 2. The average Bonchev–Trinajstić information content (AvgIpc) is 3.12. The molecule has 2 N–H and O–H groups in total. The normalized spacial score (nSPS) is 11.7. The molecule has 0 atom stereocenters. The summed E-state index contributed by atoms with van der Waals surface area (Å²) in [6.45, 7) is 3.93. The predicted molar refractivity (Wildman–Crippen MR) is 130 cm³/mol. The summed E-state index contributed by atoms with van der Waals surface area (Å²) in [7, 11) is -3.70. The molecule has 0 spiro atoms. The van der Waals surface area contributed by atoms with Crippen molar-refractivity contribution in [3.8, 4) is 5.69 Å². The van der Waals surface area contributed by atoms with Gasteiger partial charge < -0.3 is 5.73 Å². The fraction of sp³-hybridized carbons (Fsp3) is 0.125. The van der Waals surface area contributed by atoms with Crippen LogP contribution in [0.15, 0.2) is 100 Å². The van der Waals surface area contributed by atoms with E-state index in [0.717, 1.165) is 5.69 Å². The van der Waals surface area contributed by atoms with Gasteiger partial charge in [0.15, 0.2) is 11.5 Å². The fourth-order valence-electron chi connectivity index (χ4n) is 3.43. The lowest BCUT2D eigenvalue weighted by atomic mass is 10.3. The molecule has 0 saturated carbocycles. The van der Waals surface area contributed by atoms with E-state index in [1.165, 1.54) is 16.4 Å². The first kappa shape index (κ1) is 22.2. The summed E-state index contributed by atoms with van der Waals surface area (Å²) in [4.78, 5) is 0.180. The number of azo groups is 1. The molecule has 33 heavy (non-hydrogen) atoms. The minimum Gasteiger partial charge on any atom is -0.382 e. The highest BCUT2D eigenvalue weighted by molar-refractivity contribution is 7.92. The van der Waals surface area contributed by atoms with Crippen molar-refractivity contribution in [2.45, 2.75) is 18.7 Å². The summed E-state index contributed by atoms with van der Waals surface area (Å²) in [6, 6.07) is 24.8. The van der Waals surface area contributed by atoms with Crippen LogP contribution < -0.4 is 10.0 Å². The largest absolute Gasteiger partial charge is 0.382 e. The summed E-state index contributed by atoms with van der Waals surface area (Å²) < 4.78 is 29.2. The van der Waals surface area contributed by atoms with Crippen LogP contribution in [0.2, 0.25) is 0 Å². The molecular formula is C24H24N6O2S. The Morgan fingerprint density at radius 2 is 1.52 bits per heavy atom. The third-order valence-electron chi connectivity index (χ3n) is 5.09. The zero-order valence-corrected chi connectivity index (χ0v) is 19.1. The van der Waals surface area contributed by atoms with Crippen LogP contribution in [0.1, 0.15) is 12.6 Å². The highest BCUT2D eigenvalue weighted by Crippen LogP contribution is 2.31. The van der Waals surface area contributed by atoms with E-state index in [4.69, 9.17) is 5.73 Å². The van der Waals surface area contributed by atoms with Gasteiger partial charge in [-0.3, -0.25) is 4.31 Å². The first-order chi connectivity index (χ1) is 15.9. The summed E-state index contributed by atoms with van der Waals surface area (Å²) in [6.07, 6.45) is 0. The van der Waals surface area contributed by atoms with Crippen molar-refractivity contribution in [1.29, 1.82) is 0 Å². The van der Waals surface area contributed by atoms with Gasteiger partial charge in [-0.15, -0.1) is 5.11 Å². The van der Waals surface area contributed by atoms with E-state index >= 15 is 0 Å². The molecule has 0 radical (unpaired) electrons. The van der Waals surface area contributed by atoms with Gasteiger partial charge in [0, 0.05) is 6.54 Å². The minimum absolute atomic E-state index is 0.180. The lowest BCUT2D eigenvalue weighted by molar-refractivity contribution is 0.592. The summed E-state index contributed by atoms with van der Waals surface area (Å²) in [5, 5.41) is 13.0. The number of nitrogens with two attached hydrogens (primary N) is 1. The van der Waals surface area contributed by atoms with Crippen molar-refractivity contribution in [1.82, 2.24) is 9.78 Å². The van der Waals surface area contributed by atoms with Crippen LogP contribution in [0, 0.1) is 6.92 Å². The molecule has 0 amide bonds. The van der Waals surface area contributed by atoms with Crippen molar-refractivity contribution < 1.29 is 8.42 Å². The molecule has 9 heteroatoms. The molecule has 0 aliphatic carbocycles. The van der Waals surface area contributed by atoms with E-state index < -0.39 is 10.0 Å². The molecular weight excluding hydrogens is 436 g/mol. The predicted octanol–water partition coefficient (Wildman–Crippen LogP) is 5.39. The lowest BCUT2D eigenvalue weighted by Gasteiger charge is -2.22. The molecule has 0 aliphatic rings. The third-order valence-corrected chi connectivity index (χ3v) is 7.00. The van der Waals surface area contributed by atoms with Crippen LogP contribution in [0.4, 0.5) is 22.9 Å².